The van der Waals surface area contributed by atoms with Crippen LogP contribution in [-0.4, -0.2) is 52.0 Å². The van der Waals surface area contributed by atoms with Gasteiger partial charge in [0.2, 0.25) is 0 Å². The lowest BCUT2D eigenvalue weighted by Gasteiger charge is -2.06. The second-order valence-corrected chi connectivity index (χ2v) is 4.19. The van der Waals surface area contributed by atoms with Crippen LogP contribution in [0.5, 0.6) is 0 Å². The minimum atomic E-state index is -1.18. The van der Waals surface area contributed by atoms with E-state index in [4.69, 9.17) is 32.5 Å². The van der Waals surface area contributed by atoms with Gasteiger partial charge in [-0.2, -0.15) is 0 Å². The van der Waals surface area contributed by atoms with Crippen LogP contribution in [-0.2, 0) is 9.59 Å². The molecule has 0 aliphatic rings. The first-order valence-electron chi connectivity index (χ1n) is 6.08. The predicted octanol–water partition coefficient (Wildman–Crippen LogP) is -1.30. The second kappa shape index (κ2) is 11.8. The molecule has 114 valence electrons. The average Bonchev–Trinajstić information content (AvgIpc) is 2.33. The molecule has 0 saturated heterocycles. The maximum atomic E-state index is 10.2. The van der Waals surface area contributed by atoms with Gasteiger partial charge in [0, 0.05) is 0 Å². The monoisotopic (exact) mass is 279 g/mol. The van der Waals surface area contributed by atoms with E-state index in [-0.39, 0.29) is 0 Å². The van der Waals surface area contributed by atoms with Gasteiger partial charge in [-0.1, -0.05) is 12.8 Å². The summed E-state index contributed by atoms with van der Waals surface area (Å²) in [6.07, 6.45) is 2.34. The SMILES string of the molecule is C[C@@H](O)[C@H](N)C(=O)O.NCCCCC[C@H](N)C(=O)O. The molecule has 0 radical (unpaired) electrons. The van der Waals surface area contributed by atoms with Crippen LogP contribution in [0.1, 0.15) is 32.6 Å². The van der Waals surface area contributed by atoms with Crippen LogP contribution in [0.25, 0.3) is 0 Å². The number of unbranched alkanes of at least 4 members (excludes halogenated alkanes) is 2. The van der Waals surface area contributed by atoms with Crippen molar-refractivity contribution in [2.24, 2.45) is 17.2 Å². The zero-order valence-corrected chi connectivity index (χ0v) is 11.2. The molecule has 0 spiro atoms. The number of aliphatic hydroxyl groups excluding tert-OH is 1. The van der Waals surface area contributed by atoms with Gasteiger partial charge < -0.3 is 32.5 Å². The second-order valence-electron chi connectivity index (χ2n) is 4.19. The van der Waals surface area contributed by atoms with Crippen molar-refractivity contribution in [1.82, 2.24) is 0 Å². The summed E-state index contributed by atoms with van der Waals surface area (Å²) in [7, 11) is 0. The van der Waals surface area contributed by atoms with Crippen molar-refractivity contribution in [3.63, 3.8) is 0 Å². The van der Waals surface area contributed by atoms with Crippen molar-refractivity contribution < 1.29 is 24.9 Å². The van der Waals surface area contributed by atoms with Gasteiger partial charge in [0.05, 0.1) is 6.10 Å². The van der Waals surface area contributed by atoms with Gasteiger partial charge in [-0.15, -0.1) is 0 Å². The molecular weight excluding hydrogens is 254 g/mol. The highest BCUT2D eigenvalue weighted by Crippen LogP contribution is 2.01. The van der Waals surface area contributed by atoms with E-state index >= 15 is 0 Å². The van der Waals surface area contributed by atoms with Crippen molar-refractivity contribution in [2.75, 3.05) is 6.54 Å². The Bertz CT molecular complexity index is 261. The average molecular weight is 279 g/mol. The van der Waals surface area contributed by atoms with E-state index in [9.17, 15) is 9.59 Å². The van der Waals surface area contributed by atoms with Crippen molar-refractivity contribution >= 4 is 11.9 Å². The minimum absolute atomic E-state index is 0.551. The molecule has 0 aromatic heterocycles. The third-order valence-corrected chi connectivity index (χ3v) is 2.34. The molecule has 0 aliphatic carbocycles. The molecule has 0 saturated carbocycles. The van der Waals surface area contributed by atoms with Crippen molar-refractivity contribution in [1.29, 1.82) is 0 Å². The number of carbonyl (C=O) groups is 2. The largest absolute Gasteiger partial charge is 0.480 e. The Balaban J connectivity index is 0. The van der Waals surface area contributed by atoms with Gasteiger partial charge in [-0.25, -0.2) is 0 Å². The van der Waals surface area contributed by atoms with E-state index in [1.165, 1.54) is 6.92 Å². The number of hydrogen-bond acceptors (Lipinski definition) is 6. The summed E-state index contributed by atoms with van der Waals surface area (Å²) in [6, 6.07) is -1.86. The Hall–Kier alpha value is -1.22. The molecule has 0 fully saturated rings. The minimum Gasteiger partial charge on any atom is -0.480 e. The van der Waals surface area contributed by atoms with Crippen LogP contribution < -0.4 is 17.2 Å². The van der Waals surface area contributed by atoms with E-state index in [0.29, 0.717) is 13.0 Å². The summed E-state index contributed by atoms with van der Waals surface area (Å²) >= 11 is 0. The summed E-state index contributed by atoms with van der Waals surface area (Å²) in [4.78, 5) is 20.1. The van der Waals surface area contributed by atoms with Gasteiger partial charge in [-0.05, 0) is 26.3 Å². The summed E-state index contributed by atoms with van der Waals surface area (Å²) in [5.41, 5.74) is 15.4. The van der Waals surface area contributed by atoms with Crippen LogP contribution in [0.2, 0.25) is 0 Å². The quantitative estimate of drug-likeness (QED) is 0.297. The first-order valence-corrected chi connectivity index (χ1v) is 6.08. The fraction of sp³-hybridized carbons (Fsp3) is 0.818. The lowest BCUT2D eigenvalue weighted by Crippen LogP contribution is -2.39. The molecule has 0 aliphatic heterocycles. The number of rotatable bonds is 8. The summed E-state index contributed by atoms with van der Waals surface area (Å²) < 4.78 is 0. The van der Waals surface area contributed by atoms with E-state index in [1.807, 2.05) is 0 Å². The van der Waals surface area contributed by atoms with Crippen molar-refractivity contribution in [3.05, 3.63) is 0 Å². The zero-order valence-electron chi connectivity index (χ0n) is 11.2. The lowest BCUT2D eigenvalue weighted by atomic mass is 10.1. The van der Waals surface area contributed by atoms with Gasteiger partial charge >= 0.3 is 11.9 Å². The highest BCUT2D eigenvalue weighted by Gasteiger charge is 2.16. The smallest absolute Gasteiger partial charge is 0.323 e. The maximum absolute atomic E-state index is 10.2. The van der Waals surface area contributed by atoms with Gasteiger partial charge in [-0.3, -0.25) is 9.59 Å². The van der Waals surface area contributed by atoms with Crippen LogP contribution in [0.4, 0.5) is 0 Å². The fourth-order valence-electron chi connectivity index (χ4n) is 1.02. The van der Waals surface area contributed by atoms with Crippen LogP contribution >= 0.6 is 0 Å². The standard InChI is InChI=1S/C7H16N2O2.C4H9NO3/c8-5-3-1-2-4-6(9)7(10)11;1-2(6)3(5)4(7)8/h6H,1-5,8-9H2,(H,10,11);2-3,6H,5H2,1H3,(H,7,8)/t6-;2-,3+/m01/s1. The number of aliphatic carboxylic acids is 2. The van der Waals surface area contributed by atoms with Crippen molar-refractivity contribution in [3.8, 4) is 0 Å². The normalized spacial score (nSPS) is 14.8. The molecule has 19 heavy (non-hydrogen) atoms. The zero-order chi connectivity index (χ0) is 15.4. The molecule has 0 unspecified atom stereocenters. The topological polar surface area (TPSA) is 173 Å². The van der Waals surface area contributed by atoms with Crippen LogP contribution in [0.15, 0.2) is 0 Å². The molecule has 3 atom stereocenters. The van der Waals surface area contributed by atoms with E-state index in [2.05, 4.69) is 0 Å². The molecule has 9 N–H and O–H groups in total. The predicted molar refractivity (Wildman–Crippen MR) is 70.4 cm³/mol. The highest BCUT2D eigenvalue weighted by molar-refractivity contribution is 5.73. The first kappa shape index (κ1) is 20.1. The Labute approximate surface area is 112 Å². The van der Waals surface area contributed by atoms with Gasteiger partial charge in [0.1, 0.15) is 12.1 Å². The Morgan fingerprint density at radius 3 is 1.84 bits per heavy atom. The van der Waals surface area contributed by atoms with Gasteiger partial charge in [0.25, 0.3) is 0 Å². The molecule has 8 heteroatoms. The molecule has 0 amide bonds. The molecule has 0 bridgehead atoms. The summed E-state index contributed by atoms with van der Waals surface area (Å²) in [5, 5.41) is 24.9. The van der Waals surface area contributed by atoms with E-state index in [0.717, 1.165) is 19.3 Å². The summed E-state index contributed by atoms with van der Waals surface area (Å²) in [5.74, 6) is -2.10. The third-order valence-electron chi connectivity index (χ3n) is 2.34. The Morgan fingerprint density at radius 2 is 1.58 bits per heavy atom. The van der Waals surface area contributed by atoms with Crippen molar-refractivity contribution in [2.45, 2.75) is 50.8 Å². The number of aliphatic hydroxyl groups is 1. The highest BCUT2D eigenvalue weighted by atomic mass is 16.4. The Kier molecular flexibility index (Phi) is 12.5. The lowest BCUT2D eigenvalue weighted by molar-refractivity contribution is -0.141. The van der Waals surface area contributed by atoms with Gasteiger partial charge in [0.15, 0.2) is 0 Å². The number of nitrogens with two attached hydrogens (primary N) is 3. The summed E-state index contributed by atoms with van der Waals surface area (Å²) in [6.45, 7) is 2.00. The number of hydrogen-bond donors (Lipinski definition) is 6. The van der Waals surface area contributed by atoms with Crippen LogP contribution in [0, 0.1) is 0 Å². The molecular formula is C11H25N3O5. The Morgan fingerprint density at radius 1 is 1.05 bits per heavy atom. The molecule has 8 nitrogen and oxygen atoms in total. The molecule has 0 aromatic rings. The molecule has 0 rings (SSSR count). The molecule has 0 aromatic carbocycles. The number of carboxylic acids is 2. The maximum Gasteiger partial charge on any atom is 0.323 e. The fourth-order valence-corrected chi connectivity index (χ4v) is 1.02. The first-order chi connectivity index (χ1) is 8.73. The third kappa shape index (κ3) is 13.0. The van der Waals surface area contributed by atoms with E-state index in [1.54, 1.807) is 0 Å². The van der Waals surface area contributed by atoms with Crippen LogP contribution in [0.3, 0.4) is 0 Å². The van der Waals surface area contributed by atoms with E-state index < -0.39 is 30.1 Å². The molecule has 0 heterocycles. The number of carboxylic acid groups (broad SMARTS) is 2.